The highest BCUT2D eigenvalue weighted by Crippen LogP contribution is 2.19. The number of aromatic nitrogens is 1. The van der Waals surface area contributed by atoms with E-state index in [1.165, 1.54) is 12.1 Å². The number of aromatic amines is 1. The summed E-state index contributed by atoms with van der Waals surface area (Å²) >= 11 is 0. The Kier molecular flexibility index (Phi) is 8.68. The number of carbonyl (C=O) groups excluding carboxylic acids is 1. The molecule has 0 radical (unpaired) electrons. The summed E-state index contributed by atoms with van der Waals surface area (Å²) in [5.41, 5.74) is 3.20. The lowest BCUT2D eigenvalue weighted by Gasteiger charge is -2.12. The average molecular weight is 519 g/mol. The molecule has 0 saturated heterocycles. The van der Waals surface area contributed by atoms with E-state index in [2.05, 4.69) is 31.8 Å². The molecule has 4 N–H and O–H groups in total. The Morgan fingerprint density at radius 1 is 1.23 bits per heavy atom. The smallest absolute Gasteiger partial charge is 0.243 e. The number of nitrogens with one attached hydrogen (secondary N) is 4. The van der Waals surface area contributed by atoms with Crippen LogP contribution in [0.5, 0.6) is 0 Å². The fourth-order valence-corrected chi connectivity index (χ4v) is 2.96. The van der Waals surface area contributed by atoms with E-state index in [4.69, 9.17) is 6.42 Å². The number of anilines is 1. The third-order valence-electron chi connectivity index (χ3n) is 4.37. The second-order valence-electron chi connectivity index (χ2n) is 6.38. The van der Waals surface area contributed by atoms with Gasteiger partial charge in [-0.15, -0.1) is 30.4 Å². The molecular formula is C22H23FIN5O. The summed E-state index contributed by atoms with van der Waals surface area (Å²) in [5, 5.41) is 9.91. The number of aliphatic imine (C=N–C) groups is 1. The largest absolute Gasteiger partial charge is 0.361 e. The predicted molar refractivity (Wildman–Crippen MR) is 130 cm³/mol. The van der Waals surface area contributed by atoms with Crippen molar-refractivity contribution in [3.05, 3.63) is 65.6 Å². The molecule has 1 amide bonds. The SMILES string of the molecule is C#Cc1cccc(NC(=O)CNC(=NC)NCCc2c[nH]c3cc(F)ccc23)c1.I. The van der Waals surface area contributed by atoms with Crippen LogP contribution in [0.15, 0.2) is 53.7 Å². The monoisotopic (exact) mass is 519 g/mol. The summed E-state index contributed by atoms with van der Waals surface area (Å²) in [4.78, 5) is 19.3. The number of fused-ring (bicyclic) bond motifs is 1. The number of amides is 1. The molecule has 1 aromatic heterocycles. The number of benzene rings is 2. The van der Waals surface area contributed by atoms with E-state index >= 15 is 0 Å². The van der Waals surface area contributed by atoms with Gasteiger partial charge in [-0.1, -0.05) is 12.0 Å². The summed E-state index contributed by atoms with van der Waals surface area (Å²) < 4.78 is 13.3. The van der Waals surface area contributed by atoms with Gasteiger partial charge in [-0.3, -0.25) is 9.79 Å². The number of carbonyl (C=O) groups is 1. The average Bonchev–Trinajstić information content (AvgIpc) is 3.12. The van der Waals surface area contributed by atoms with Gasteiger partial charge in [-0.25, -0.2) is 4.39 Å². The maximum atomic E-state index is 13.3. The first-order chi connectivity index (χ1) is 14.1. The molecule has 156 valence electrons. The number of hydrogen-bond acceptors (Lipinski definition) is 2. The normalized spacial score (nSPS) is 10.8. The molecule has 0 aliphatic rings. The standard InChI is InChI=1S/C22H22FN5O.HI/c1-3-15-5-4-6-18(11-15)28-21(29)14-27-22(24-2)25-10-9-16-13-26-20-12-17(23)7-8-19(16)20;/h1,4-8,11-13,26H,9-10,14H2,2H3,(H,28,29)(H2,24,25,27);1H. The number of hydrogen-bond donors (Lipinski definition) is 4. The lowest BCUT2D eigenvalue weighted by Crippen LogP contribution is -2.42. The van der Waals surface area contributed by atoms with E-state index in [1.807, 2.05) is 6.20 Å². The van der Waals surface area contributed by atoms with Crippen molar-refractivity contribution in [2.75, 3.05) is 25.5 Å². The second kappa shape index (κ2) is 11.2. The molecule has 6 nitrogen and oxygen atoms in total. The van der Waals surface area contributed by atoms with Crippen LogP contribution >= 0.6 is 24.0 Å². The zero-order valence-electron chi connectivity index (χ0n) is 16.5. The first-order valence-electron chi connectivity index (χ1n) is 9.15. The topological polar surface area (TPSA) is 81.3 Å². The Hall–Kier alpha value is -3.06. The minimum absolute atomic E-state index is 0. The van der Waals surface area contributed by atoms with Crippen LogP contribution < -0.4 is 16.0 Å². The highest BCUT2D eigenvalue weighted by atomic mass is 127. The summed E-state index contributed by atoms with van der Waals surface area (Å²) in [6.45, 7) is 0.669. The summed E-state index contributed by atoms with van der Waals surface area (Å²) in [6.07, 6.45) is 7.96. The molecular weight excluding hydrogens is 496 g/mol. The number of halogens is 2. The molecule has 0 unspecified atom stereocenters. The van der Waals surface area contributed by atoms with Gasteiger partial charge in [-0.2, -0.15) is 0 Å². The fourth-order valence-electron chi connectivity index (χ4n) is 2.96. The zero-order chi connectivity index (χ0) is 20.6. The number of nitrogens with zero attached hydrogens (tertiary/aromatic N) is 1. The lowest BCUT2D eigenvalue weighted by atomic mass is 10.1. The molecule has 8 heteroatoms. The van der Waals surface area contributed by atoms with Gasteiger partial charge in [0.1, 0.15) is 5.82 Å². The molecule has 1 heterocycles. The third kappa shape index (κ3) is 6.22. The van der Waals surface area contributed by atoms with E-state index in [-0.39, 0.29) is 42.2 Å². The summed E-state index contributed by atoms with van der Waals surface area (Å²) in [6, 6.07) is 11.8. The number of rotatable bonds is 6. The Morgan fingerprint density at radius 3 is 2.83 bits per heavy atom. The van der Waals surface area contributed by atoms with Gasteiger partial charge in [-0.05, 0) is 48.4 Å². The fraction of sp³-hybridized carbons (Fsp3) is 0.182. The summed E-state index contributed by atoms with van der Waals surface area (Å²) in [7, 11) is 1.64. The molecule has 2 aromatic carbocycles. The molecule has 3 rings (SSSR count). The highest BCUT2D eigenvalue weighted by Gasteiger charge is 2.07. The molecule has 0 spiro atoms. The van der Waals surface area contributed by atoms with E-state index in [0.717, 1.165) is 22.9 Å². The van der Waals surface area contributed by atoms with Gasteiger partial charge in [0.25, 0.3) is 0 Å². The molecule has 0 fully saturated rings. The minimum atomic E-state index is -0.266. The van der Waals surface area contributed by atoms with Crippen molar-refractivity contribution in [1.82, 2.24) is 15.6 Å². The second-order valence-corrected chi connectivity index (χ2v) is 6.38. The molecule has 0 bridgehead atoms. The quantitative estimate of drug-likeness (QED) is 0.175. The van der Waals surface area contributed by atoms with E-state index in [9.17, 15) is 9.18 Å². The van der Waals surface area contributed by atoms with Gasteiger partial charge in [0, 0.05) is 41.9 Å². The number of H-pyrrole nitrogens is 1. The van der Waals surface area contributed by atoms with E-state index in [0.29, 0.717) is 23.8 Å². The first kappa shape index (κ1) is 23.2. The van der Waals surface area contributed by atoms with Crippen LogP contribution in [-0.4, -0.2) is 37.0 Å². The maximum Gasteiger partial charge on any atom is 0.243 e. The molecule has 0 atom stereocenters. The number of guanidine groups is 1. The van der Waals surface area contributed by atoms with Crippen LogP contribution in [0.1, 0.15) is 11.1 Å². The Labute approximate surface area is 191 Å². The van der Waals surface area contributed by atoms with Crippen molar-refractivity contribution in [2.24, 2.45) is 4.99 Å². The predicted octanol–water partition coefficient (Wildman–Crippen LogP) is 3.25. The van der Waals surface area contributed by atoms with Crippen LogP contribution in [0.2, 0.25) is 0 Å². The van der Waals surface area contributed by atoms with Gasteiger partial charge in [0.05, 0.1) is 6.54 Å². The van der Waals surface area contributed by atoms with Crippen molar-refractivity contribution in [3.63, 3.8) is 0 Å². The van der Waals surface area contributed by atoms with Crippen molar-refractivity contribution in [3.8, 4) is 12.3 Å². The van der Waals surface area contributed by atoms with Gasteiger partial charge < -0.3 is 20.9 Å². The highest BCUT2D eigenvalue weighted by molar-refractivity contribution is 14.0. The van der Waals surface area contributed by atoms with Crippen molar-refractivity contribution in [1.29, 1.82) is 0 Å². The van der Waals surface area contributed by atoms with Crippen molar-refractivity contribution < 1.29 is 9.18 Å². The van der Waals surface area contributed by atoms with E-state index in [1.54, 1.807) is 37.4 Å². The first-order valence-corrected chi connectivity index (χ1v) is 9.15. The van der Waals surface area contributed by atoms with Crippen LogP contribution in [0.3, 0.4) is 0 Å². The Morgan fingerprint density at radius 2 is 2.07 bits per heavy atom. The van der Waals surface area contributed by atoms with Crippen LogP contribution in [0, 0.1) is 18.2 Å². The summed E-state index contributed by atoms with van der Waals surface area (Å²) in [5.74, 6) is 2.58. The van der Waals surface area contributed by atoms with E-state index < -0.39 is 0 Å². The molecule has 0 aliphatic heterocycles. The Bertz CT molecular complexity index is 1090. The molecule has 30 heavy (non-hydrogen) atoms. The maximum absolute atomic E-state index is 13.3. The lowest BCUT2D eigenvalue weighted by molar-refractivity contribution is -0.115. The number of terminal acetylenes is 1. The van der Waals surface area contributed by atoms with Crippen molar-refractivity contribution >= 4 is 52.4 Å². The third-order valence-corrected chi connectivity index (χ3v) is 4.37. The van der Waals surface area contributed by atoms with Crippen LogP contribution in [-0.2, 0) is 11.2 Å². The van der Waals surface area contributed by atoms with Gasteiger partial charge >= 0.3 is 0 Å². The van der Waals surface area contributed by atoms with Gasteiger partial charge in [0.2, 0.25) is 5.91 Å². The van der Waals surface area contributed by atoms with Gasteiger partial charge in [0.15, 0.2) is 5.96 Å². The van der Waals surface area contributed by atoms with Crippen LogP contribution in [0.4, 0.5) is 10.1 Å². The molecule has 3 aromatic rings. The molecule has 0 aliphatic carbocycles. The van der Waals surface area contributed by atoms with Crippen LogP contribution in [0.25, 0.3) is 10.9 Å². The molecule has 0 saturated carbocycles. The van der Waals surface area contributed by atoms with Crippen molar-refractivity contribution in [2.45, 2.75) is 6.42 Å². The Balaban J connectivity index is 0.00000320. The zero-order valence-corrected chi connectivity index (χ0v) is 18.8. The minimum Gasteiger partial charge on any atom is -0.361 e.